The summed E-state index contributed by atoms with van der Waals surface area (Å²) in [6, 6.07) is 6.13. The SMILES string of the molecule is NC(Cc1ccsc1)Cc1ccco1. The maximum absolute atomic E-state index is 6.00. The molecular formula is C11H13NOS. The molecule has 2 nitrogen and oxygen atoms in total. The molecule has 0 aromatic carbocycles. The minimum absolute atomic E-state index is 0.149. The third-order valence-corrected chi connectivity index (χ3v) is 2.85. The van der Waals surface area contributed by atoms with Crippen LogP contribution in [-0.2, 0) is 12.8 Å². The molecular weight excluding hydrogens is 194 g/mol. The molecule has 2 aromatic heterocycles. The van der Waals surface area contributed by atoms with E-state index in [1.165, 1.54) is 5.56 Å². The highest BCUT2D eigenvalue weighted by molar-refractivity contribution is 7.07. The van der Waals surface area contributed by atoms with Crippen LogP contribution in [0.2, 0.25) is 0 Å². The van der Waals surface area contributed by atoms with Crippen molar-refractivity contribution in [2.45, 2.75) is 18.9 Å². The minimum Gasteiger partial charge on any atom is -0.469 e. The monoisotopic (exact) mass is 207 g/mol. The fourth-order valence-corrected chi connectivity index (χ4v) is 2.15. The number of nitrogens with two attached hydrogens (primary N) is 1. The van der Waals surface area contributed by atoms with E-state index in [0.717, 1.165) is 18.6 Å². The van der Waals surface area contributed by atoms with Gasteiger partial charge in [0.1, 0.15) is 5.76 Å². The summed E-state index contributed by atoms with van der Waals surface area (Å²) in [6.07, 6.45) is 3.42. The van der Waals surface area contributed by atoms with Crippen molar-refractivity contribution in [3.8, 4) is 0 Å². The van der Waals surface area contributed by atoms with Crippen LogP contribution in [0.3, 0.4) is 0 Å². The minimum atomic E-state index is 0.149. The van der Waals surface area contributed by atoms with Crippen LogP contribution in [0.5, 0.6) is 0 Å². The molecule has 0 aliphatic carbocycles. The van der Waals surface area contributed by atoms with Crippen LogP contribution in [0, 0.1) is 0 Å². The van der Waals surface area contributed by atoms with Gasteiger partial charge in [-0.25, -0.2) is 0 Å². The largest absolute Gasteiger partial charge is 0.469 e. The van der Waals surface area contributed by atoms with Crippen molar-refractivity contribution in [3.05, 3.63) is 46.5 Å². The molecule has 2 aromatic rings. The standard InChI is InChI=1S/C11H13NOS/c12-10(6-9-3-5-14-8-9)7-11-2-1-4-13-11/h1-5,8,10H,6-7,12H2. The Balaban J connectivity index is 1.88. The second-order valence-electron chi connectivity index (χ2n) is 3.38. The molecule has 74 valence electrons. The highest BCUT2D eigenvalue weighted by Gasteiger charge is 2.07. The Morgan fingerprint density at radius 3 is 2.93 bits per heavy atom. The van der Waals surface area contributed by atoms with Gasteiger partial charge in [0.25, 0.3) is 0 Å². The third-order valence-electron chi connectivity index (χ3n) is 2.12. The van der Waals surface area contributed by atoms with E-state index < -0.39 is 0 Å². The normalized spacial score (nSPS) is 12.9. The van der Waals surface area contributed by atoms with Crippen LogP contribution in [-0.4, -0.2) is 6.04 Å². The van der Waals surface area contributed by atoms with E-state index in [1.54, 1.807) is 17.6 Å². The molecule has 0 fully saturated rings. The molecule has 0 saturated heterocycles. The highest BCUT2D eigenvalue weighted by Crippen LogP contribution is 2.11. The smallest absolute Gasteiger partial charge is 0.105 e. The van der Waals surface area contributed by atoms with Crippen molar-refractivity contribution in [3.63, 3.8) is 0 Å². The Bertz CT molecular complexity index is 316. The predicted molar refractivity (Wildman–Crippen MR) is 58.4 cm³/mol. The Hall–Kier alpha value is -1.06. The van der Waals surface area contributed by atoms with Gasteiger partial charge in [0.05, 0.1) is 6.26 Å². The first-order valence-electron chi connectivity index (χ1n) is 4.63. The molecule has 0 amide bonds. The van der Waals surface area contributed by atoms with Crippen molar-refractivity contribution < 1.29 is 4.42 Å². The lowest BCUT2D eigenvalue weighted by atomic mass is 10.1. The predicted octanol–water partition coefficient (Wildman–Crippen LogP) is 2.45. The lowest BCUT2D eigenvalue weighted by molar-refractivity contribution is 0.483. The molecule has 0 saturated carbocycles. The Labute approximate surface area is 87.4 Å². The number of hydrogen-bond acceptors (Lipinski definition) is 3. The van der Waals surface area contributed by atoms with Gasteiger partial charge in [-0.3, -0.25) is 0 Å². The van der Waals surface area contributed by atoms with Crippen LogP contribution in [0.15, 0.2) is 39.6 Å². The number of hydrogen-bond donors (Lipinski definition) is 1. The number of furan rings is 1. The zero-order valence-corrected chi connectivity index (χ0v) is 8.67. The molecule has 14 heavy (non-hydrogen) atoms. The summed E-state index contributed by atoms with van der Waals surface area (Å²) in [5, 5.41) is 4.22. The zero-order valence-electron chi connectivity index (χ0n) is 7.85. The van der Waals surface area contributed by atoms with E-state index in [1.807, 2.05) is 12.1 Å². The first-order valence-corrected chi connectivity index (χ1v) is 5.58. The van der Waals surface area contributed by atoms with Crippen LogP contribution in [0.4, 0.5) is 0 Å². The maximum atomic E-state index is 6.00. The van der Waals surface area contributed by atoms with Crippen molar-refractivity contribution in [2.24, 2.45) is 5.73 Å². The van der Waals surface area contributed by atoms with Gasteiger partial charge in [0.15, 0.2) is 0 Å². The second kappa shape index (κ2) is 4.44. The molecule has 0 aliphatic rings. The number of thiophene rings is 1. The molecule has 1 atom stereocenters. The summed E-state index contributed by atoms with van der Waals surface area (Å²) in [5.41, 5.74) is 7.31. The van der Waals surface area contributed by atoms with E-state index in [4.69, 9.17) is 10.2 Å². The first kappa shape index (κ1) is 9.49. The van der Waals surface area contributed by atoms with Crippen molar-refractivity contribution in [1.82, 2.24) is 0 Å². The Morgan fingerprint density at radius 2 is 2.29 bits per heavy atom. The summed E-state index contributed by atoms with van der Waals surface area (Å²) in [4.78, 5) is 0. The van der Waals surface area contributed by atoms with Gasteiger partial charge < -0.3 is 10.2 Å². The Kier molecular flexibility index (Phi) is 3.01. The molecule has 1 unspecified atom stereocenters. The average Bonchev–Trinajstić information content (AvgIpc) is 2.76. The molecule has 2 N–H and O–H groups in total. The van der Waals surface area contributed by atoms with Gasteiger partial charge in [-0.05, 0) is 40.9 Å². The van der Waals surface area contributed by atoms with Gasteiger partial charge >= 0.3 is 0 Å². The first-order chi connectivity index (χ1) is 6.84. The van der Waals surface area contributed by atoms with Gasteiger partial charge in [-0.1, -0.05) is 0 Å². The molecule has 3 heteroatoms. The van der Waals surface area contributed by atoms with Crippen molar-refractivity contribution in [2.75, 3.05) is 0 Å². The quantitative estimate of drug-likeness (QED) is 0.836. The van der Waals surface area contributed by atoms with E-state index in [-0.39, 0.29) is 6.04 Å². The molecule has 0 aliphatic heterocycles. The molecule has 0 radical (unpaired) electrons. The third kappa shape index (κ3) is 2.47. The average molecular weight is 207 g/mol. The van der Waals surface area contributed by atoms with E-state index in [2.05, 4.69) is 16.8 Å². The summed E-state index contributed by atoms with van der Waals surface area (Å²) < 4.78 is 5.25. The highest BCUT2D eigenvalue weighted by atomic mass is 32.1. The topological polar surface area (TPSA) is 39.2 Å². The van der Waals surface area contributed by atoms with Crippen molar-refractivity contribution in [1.29, 1.82) is 0 Å². The van der Waals surface area contributed by atoms with Gasteiger partial charge in [0, 0.05) is 12.5 Å². The fraction of sp³-hybridized carbons (Fsp3) is 0.273. The van der Waals surface area contributed by atoms with Gasteiger partial charge in [-0.15, -0.1) is 0 Å². The lowest BCUT2D eigenvalue weighted by Crippen LogP contribution is -2.24. The zero-order chi connectivity index (χ0) is 9.80. The molecule has 0 spiro atoms. The maximum Gasteiger partial charge on any atom is 0.105 e. The second-order valence-corrected chi connectivity index (χ2v) is 4.16. The van der Waals surface area contributed by atoms with Crippen LogP contribution in [0.25, 0.3) is 0 Å². The molecule has 0 bridgehead atoms. The summed E-state index contributed by atoms with van der Waals surface area (Å²) in [7, 11) is 0. The summed E-state index contributed by atoms with van der Waals surface area (Å²) in [6.45, 7) is 0. The Morgan fingerprint density at radius 1 is 1.36 bits per heavy atom. The fourth-order valence-electron chi connectivity index (χ4n) is 1.47. The van der Waals surface area contributed by atoms with Crippen LogP contribution < -0.4 is 5.73 Å². The summed E-state index contributed by atoms with van der Waals surface area (Å²) >= 11 is 1.71. The molecule has 2 heterocycles. The number of rotatable bonds is 4. The molecule has 2 rings (SSSR count). The van der Waals surface area contributed by atoms with E-state index >= 15 is 0 Å². The lowest BCUT2D eigenvalue weighted by Gasteiger charge is -2.07. The van der Waals surface area contributed by atoms with Gasteiger partial charge in [0.2, 0.25) is 0 Å². The van der Waals surface area contributed by atoms with Gasteiger partial charge in [-0.2, -0.15) is 11.3 Å². The van der Waals surface area contributed by atoms with Crippen LogP contribution in [0.1, 0.15) is 11.3 Å². The van der Waals surface area contributed by atoms with Crippen LogP contribution >= 0.6 is 11.3 Å². The van der Waals surface area contributed by atoms with Crippen molar-refractivity contribution >= 4 is 11.3 Å². The van der Waals surface area contributed by atoms with E-state index in [9.17, 15) is 0 Å². The van der Waals surface area contributed by atoms with E-state index in [0.29, 0.717) is 0 Å². The summed E-state index contributed by atoms with van der Waals surface area (Å²) in [5.74, 6) is 0.965.